The zero-order valence-electron chi connectivity index (χ0n) is 17.7. The van der Waals surface area contributed by atoms with Crippen LogP contribution in [0, 0.1) is 6.92 Å². The molecule has 162 valence electrons. The second-order valence-electron chi connectivity index (χ2n) is 8.69. The Morgan fingerprint density at radius 1 is 1.23 bits per heavy atom. The Morgan fingerprint density at radius 2 is 2.03 bits per heavy atom. The Kier molecular flexibility index (Phi) is 4.69. The smallest absolute Gasteiger partial charge is 0.192 e. The van der Waals surface area contributed by atoms with Crippen LogP contribution >= 0.6 is 0 Å². The lowest BCUT2D eigenvalue weighted by atomic mass is 9.95. The van der Waals surface area contributed by atoms with E-state index in [2.05, 4.69) is 15.1 Å². The molecule has 2 aliphatic rings. The summed E-state index contributed by atoms with van der Waals surface area (Å²) in [5.74, 6) is 1.01. The van der Waals surface area contributed by atoms with Crippen LogP contribution in [-0.2, 0) is 0 Å². The van der Waals surface area contributed by atoms with Gasteiger partial charge in [0.1, 0.15) is 23.3 Å². The van der Waals surface area contributed by atoms with Crippen molar-refractivity contribution in [3.05, 3.63) is 46.3 Å². The number of fused-ring (bicyclic) bond motifs is 3. The molecule has 2 aliphatic heterocycles. The lowest BCUT2D eigenvalue weighted by Gasteiger charge is -2.43. The molecule has 0 saturated carbocycles. The predicted molar refractivity (Wildman–Crippen MR) is 116 cm³/mol. The van der Waals surface area contributed by atoms with E-state index in [9.17, 15) is 9.90 Å². The number of alkyl halides is 1. The zero-order valence-corrected chi connectivity index (χ0v) is 17.7. The van der Waals surface area contributed by atoms with Crippen molar-refractivity contribution in [1.82, 2.24) is 15.1 Å². The van der Waals surface area contributed by atoms with Gasteiger partial charge < -0.3 is 14.4 Å². The van der Waals surface area contributed by atoms with Gasteiger partial charge in [-0.3, -0.25) is 9.69 Å². The van der Waals surface area contributed by atoms with Gasteiger partial charge in [-0.15, -0.1) is 10.2 Å². The number of rotatable bonds is 3. The number of aromatic hydroxyl groups is 1. The van der Waals surface area contributed by atoms with E-state index in [1.165, 1.54) is 12.1 Å². The van der Waals surface area contributed by atoms with Crippen LogP contribution in [0.4, 0.5) is 10.2 Å². The number of benzene rings is 1. The molecule has 8 heteroatoms. The average Bonchev–Trinajstić information content (AvgIpc) is 3.00. The molecular formula is C23H25FN4O3. The summed E-state index contributed by atoms with van der Waals surface area (Å²) in [5, 5.41) is 19.4. The molecule has 0 radical (unpaired) electrons. The molecule has 5 rings (SSSR count). The van der Waals surface area contributed by atoms with Crippen molar-refractivity contribution in [2.75, 3.05) is 19.0 Å². The van der Waals surface area contributed by atoms with Gasteiger partial charge in [-0.05, 0) is 51.4 Å². The van der Waals surface area contributed by atoms with Crippen LogP contribution in [0.2, 0.25) is 0 Å². The molecular weight excluding hydrogens is 399 g/mol. The van der Waals surface area contributed by atoms with Crippen molar-refractivity contribution in [3.8, 4) is 17.0 Å². The summed E-state index contributed by atoms with van der Waals surface area (Å²) in [7, 11) is 3.87. The lowest BCUT2D eigenvalue weighted by molar-refractivity contribution is 0.0701. The van der Waals surface area contributed by atoms with E-state index in [0.29, 0.717) is 39.8 Å². The van der Waals surface area contributed by atoms with E-state index < -0.39 is 6.17 Å². The average molecular weight is 424 g/mol. The van der Waals surface area contributed by atoms with Gasteiger partial charge in [-0.2, -0.15) is 0 Å². The van der Waals surface area contributed by atoms with Crippen LogP contribution < -0.4 is 10.3 Å². The SMILES string of the molecule is Cc1cc(=O)c2cc(-c3ccc(N(C)[C@@H]4C[C@H]5CC[C@@H]([C@@H]4F)N5C)nn3)c(O)cc2o1. The van der Waals surface area contributed by atoms with Gasteiger partial charge in [0, 0.05) is 36.8 Å². The summed E-state index contributed by atoms with van der Waals surface area (Å²) < 4.78 is 20.7. The maximum absolute atomic E-state index is 15.1. The summed E-state index contributed by atoms with van der Waals surface area (Å²) in [4.78, 5) is 16.3. The Balaban J connectivity index is 1.44. The number of phenols is 1. The molecule has 1 N–H and O–H groups in total. The molecule has 4 atom stereocenters. The summed E-state index contributed by atoms with van der Waals surface area (Å²) in [6, 6.07) is 8.02. The van der Waals surface area contributed by atoms with E-state index in [0.717, 1.165) is 19.3 Å². The molecule has 2 bridgehead atoms. The summed E-state index contributed by atoms with van der Waals surface area (Å²) in [5.41, 5.74) is 0.958. The number of piperidine rings is 1. The molecule has 0 unspecified atom stereocenters. The molecule has 31 heavy (non-hydrogen) atoms. The molecule has 2 saturated heterocycles. The van der Waals surface area contributed by atoms with E-state index >= 15 is 4.39 Å². The molecule has 0 spiro atoms. The Morgan fingerprint density at radius 3 is 2.77 bits per heavy atom. The monoisotopic (exact) mass is 424 g/mol. The maximum Gasteiger partial charge on any atom is 0.192 e. The highest BCUT2D eigenvalue weighted by Crippen LogP contribution is 2.39. The molecule has 1 aromatic carbocycles. The van der Waals surface area contributed by atoms with Crippen molar-refractivity contribution >= 4 is 16.8 Å². The number of nitrogens with zero attached hydrogens (tertiary/aromatic N) is 4. The van der Waals surface area contributed by atoms with Gasteiger partial charge >= 0.3 is 0 Å². The van der Waals surface area contributed by atoms with Crippen LogP contribution in [0.3, 0.4) is 0 Å². The molecule has 2 fully saturated rings. The number of anilines is 1. The summed E-state index contributed by atoms with van der Waals surface area (Å²) in [6.07, 6.45) is 1.74. The minimum absolute atomic E-state index is 0.0386. The molecule has 4 heterocycles. The normalized spacial score (nSPS) is 25.8. The maximum atomic E-state index is 15.1. The van der Waals surface area contributed by atoms with E-state index in [-0.39, 0.29) is 23.3 Å². The summed E-state index contributed by atoms with van der Waals surface area (Å²) in [6.45, 7) is 1.68. The number of phenolic OH excluding ortho intramolecular Hbond substituents is 1. The van der Waals surface area contributed by atoms with Gasteiger partial charge in [-0.25, -0.2) is 4.39 Å². The van der Waals surface area contributed by atoms with Crippen LogP contribution in [0.5, 0.6) is 5.75 Å². The topological polar surface area (TPSA) is 82.7 Å². The first-order valence-corrected chi connectivity index (χ1v) is 10.5. The fourth-order valence-corrected chi connectivity index (χ4v) is 5.09. The molecule has 0 amide bonds. The Labute approximate surface area is 179 Å². The van der Waals surface area contributed by atoms with Crippen LogP contribution in [-0.4, -0.2) is 58.6 Å². The predicted octanol–water partition coefficient (Wildman–Crippen LogP) is 3.27. The quantitative estimate of drug-likeness (QED) is 0.691. The van der Waals surface area contributed by atoms with Crippen LogP contribution in [0.1, 0.15) is 25.0 Å². The van der Waals surface area contributed by atoms with Gasteiger partial charge in [0.15, 0.2) is 11.2 Å². The lowest BCUT2D eigenvalue weighted by Crippen LogP contribution is -2.56. The number of hydrogen-bond acceptors (Lipinski definition) is 7. The van der Waals surface area contributed by atoms with Crippen molar-refractivity contribution in [2.24, 2.45) is 0 Å². The van der Waals surface area contributed by atoms with Crippen molar-refractivity contribution < 1.29 is 13.9 Å². The molecule has 7 nitrogen and oxygen atoms in total. The standard InChI is InChI=1S/C23H25FN4O3/c1-12-8-19(29)15-10-14(20(30)11-21(15)31-12)16-5-7-22(26-25-16)28(3)18-9-13-4-6-17(23(18)24)27(13)2/h5,7-8,10-11,13,17-18,23,30H,4,6,9H2,1-3H3/t13-,17+,18-,23+/m1/s1. The van der Waals surface area contributed by atoms with Crippen molar-refractivity contribution in [3.63, 3.8) is 0 Å². The third kappa shape index (κ3) is 3.26. The first kappa shape index (κ1) is 19.9. The minimum atomic E-state index is -0.942. The molecule has 3 aromatic rings. The zero-order chi connectivity index (χ0) is 21.9. The number of halogens is 1. The third-order valence-electron chi connectivity index (χ3n) is 6.90. The Bertz CT molecular complexity index is 1200. The fourth-order valence-electron chi connectivity index (χ4n) is 5.09. The van der Waals surface area contributed by atoms with E-state index in [1.54, 1.807) is 25.1 Å². The largest absolute Gasteiger partial charge is 0.507 e. The fraction of sp³-hybridized carbons (Fsp3) is 0.435. The minimum Gasteiger partial charge on any atom is -0.507 e. The number of aryl methyl sites for hydroxylation is 1. The first-order valence-electron chi connectivity index (χ1n) is 10.5. The second kappa shape index (κ2) is 7.30. The highest BCUT2D eigenvalue weighted by molar-refractivity contribution is 5.86. The van der Waals surface area contributed by atoms with Crippen LogP contribution in [0.15, 0.2) is 39.5 Å². The van der Waals surface area contributed by atoms with E-state index in [4.69, 9.17) is 4.42 Å². The third-order valence-corrected chi connectivity index (χ3v) is 6.90. The molecule has 0 aliphatic carbocycles. The first-order chi connectivity index (χ1) is 14.8. The summed E-state index contributed by atoms with van der Waals surface area (Å²) >= 11 is 0. The van der Waals surface area contributed by atoms with Gasteiger partial charge in [0.2, 0.25) is 0 Å². The van der Waals surface area contributed by atoms with E-state index in [1.807, 2.05) is 19.0 Å². The van der Waals surface area contributed by atoms with Gasteiger partial charge in [0.25, 0.3) is 0 Å². The van der Waals surface area contributed by atoms with Gasteiger partial charge in [0.05, 0.1) is 17.1 Å². The Hall–Kier alpha value is -3.00. The van der Waals surface area contributed by atoms with Crippen LogP contribution in [0.25, 0.3) is 22.2 Å². The second-order valence-corrected chi connectivity index (χ2v) is 8.69. The van der Waals surface area contributed by atoms with Gasteiger partial charge in [-0.1, -0.05) is 0 Å². The van der Waals surface area contributed by atoms with Crippen molar-refractivity contribution in [2.45, 2.75) is 50.5 Å². The number of hydrogen-bond donors (Lipinski definition) is 1. The van der Waals surface area contributed by atoms with Crippen molar-refractivity contribution in [1.29, 1.82) is 0 Å². The highest BCUT2D eigenvalue weighted by Gasteiger charge is 2.47. The highest BCUT2D eigenvalue weighted by atomic mass is 19.1. The molecule has 2 aromatic heterocycles. The number of aromatic nitrogens is 2.